The van der Waals surface area contributed by atoms with Crippen LogP contribution in [0.2, 0.25) is 0 Å². The Hall–Kier alpha value is -0.610. The lowest BCUT2D eigenvalue weighted by molar-refractivity contribution is -0.145. The molecule has 0 spiro atoms. The molecule has 4 nitrogen and oxygen atoms in total. The maximum absolute atomic E-state index is 12.0. The van der Waals surface area contributed by atoms with Crippen molar-refractivity contribution in [1.82, 2.24) is 4.90 Å². The van der Waals surface area contributed by atoms with Crippen molar-refractivity contribution in [2.45, 2.75) is 58.7 Å². The minimum absolute atomic E-state index is 0.0784. The van der Waals surface area contributed by atoms with Crippen LogP contribution in [-0.4, -0.2) is 48.8 Å². The van der Waals surface area contributed by atoms with Crippen LogP contribution in [-0.2, 0) is 14.3 Å². The summed E-state index contributed by atoms with van der Waals surface area (Å²) in [5, 5.41) is 0. The maximum Gasteiger partial charge on any atom is 0.248 e. The lowest BCUT2D eigenvalue weighted by Gasteiger charge is -2.33. The van der Waals surface area contributed by atoms with Crippen molar-refractivity contribution in [2.24, 2.45) is 0 Å². The topological polar surface area (TPSA) is 38.8 Å². The zero-order valence-corrected chi connectivity index (χ0v) is 12.2. The Kier molecular flexibility index (Phi) is 6.09. The summed E-state index contributed by atoms with van der Waals surface area (Å²) in [4.78, 5) is 13.9. The summed E-state index contributed by atoms with van der Waals surface area (Å²) >= 11 is 0. The zero-order valence-electron chi connectivity index (χ0n) is 12.2. The molecular weight excluding hydrogens is 230 g/mol. The molecule has 0 aromatic rings. The number of piperidine rings is 1. The molecule has 0 radical (unpaired) electrons. The number of hydrogen-bond acceptors (Lipinski definition) is 3. The largest absolute Gasteiger partial charge is 0.376 e. The molecule has 106 valence electrons. The zero-order chi connectivity index (χ0) is 13.6. The van der Waals surface area contributed by atoms with Gasteiger partial charge in [-0.25, -0.2) is 0 Å². The van der Waals surface area contributed by atoms with Crippen LogP contribution in [0.25, 0.3) is 0 Å². The normalized spacial score (nSPS) is 21.1. The van der Waals surface area contributed by atoms with Crippen molar-refractivity contribution in [2.75, 3.05) is 26.3 Å². The van der Waals surface area contributed by atoms with E-state index in [0.29, 0.717) is 6.54 Å². The van der Waals surface area contributed by atoms with E-state index < -0.39 is 0 Å². The first-order valence-electron chi connectivity index (χ1n) is 6.95. The Morgan fingerprint density at radius 1 is 1.39 bits per heavy atom. The van der Waals surface area contributed by atoms with Crippen LogP contribution in [0, 0.1) is 0 Å². The highest BCUT2D eigenvalue weighted by Gasteiger charge is 2.25. The molecule has 1 unspecified atom stereocenters. The summed E-state index contributed by atoms with van der Waals surface area (Å²) in [6, 6.07) is 0. The molecule has 0 N–H and O–H groups in total. The molecule has 0 bridgehead atoms. The van der Waals surface area contributed by atoms with Gasteiger partial charge in [0.25, 0.3) is 0 Å². The molecule has 1 saturated heterocycles. The Balaban J connectivity index is 2.34. The second kappa shape index (κ2) is 7.10. The summed E-state index contributed by atoms with van der Waals surface area (Å²) in [5.41, 5.74) is -0.260. The molecule has 1 aliphatic rings. The number of ether oxygens (including phenoxy) is 2. The first kappa shape index (κ1) is 15.4. The quantitative estimate of drug-likeness (QED) is 0.758. The fraction of sp³-hybridized carbons (Fsp3) is 0.929. The molecule has 1 heterocycles. The average molecular weight is 257 g/mol. The highest BCUT2D eigenvalue weighted by Crippen LogP contribution is 2.14. The summed E-state index contributed by atoms with van der Waals surface area (Å²) in [7, 11) is 0. The minimum atomic E-state index is -0.260. The third-order valence-electron chi connectivity index (χ3n) is 2.92. The van der Waals surface area contributed by atoms with E-state index in [-0.39, 0.29) is 24.2 Å². The van der Waals surface area contributed by atoms with Crippen LogP contribution in [0.5, 0.6) is 0 Å². The van der Waals surface area contributed by atoms with Gasteiger partial charge in [-0.3, -0.25) is 4.79 Å². The predicted octanol–water partition coefficient (Wildman–Crippen LogP) is 2.22. The van der Waals surface area contributed by atoms with Crippen molar-refractivity contribution >= 4 is 5.91 Å². The highest BCUT2D eigenvalue weighted by molar-refractivity contribution is 5.77. The van der Waals surface area contributed by atoms with E-state index in [0.717, 1.165) is 32.4 Å². The second-order valence-corrected chi connectivity index (χ2v) is 5.88. The van der Waals surface area contributed by atoms with Gasteiger partial charge in [-0.2, -0.15) is 0 Å². The van der Waals surface area contributed by atoms with Crippen LogP contribution in [0.1, 0.15) is 47.0 Å². The van der Waals surface area contributed by atoms with Gasteiger partial charge in [-0.15, -0.1) is 0 Å². The van der Waals surface area contributed by atoms with Gasteiger partial charge in [0.2, 0.25) is 5.91 Å². The van der Waals surface area contributed by atoms with Crippen molar-refractivity contribution in [3.63, 3.8) is 0 Å². The Labute approximate surface area is 111 Å². The molecule has 4 heteroatoms. The predicted molar refractivity (Wildman–Crippen MR) is 71.6 cm³/mol. The number of carbonyl (C=O) groups is 1. The number of rotatable bonds is 5. The van der Waals surface area contributed by atoms with Crippen molar-refractivity contribution in [3.8, 4) is 0 Å². The first-order valence-corrected chi connectivity index (χ1v) is 6.95. The molecule has 1 aliphatic heterocycles. The summed E-state index contributed by atoms with van der Waals surface area (Å²) in [6.45, 7) is 10.5. The van der Waals surface area contributed by atoms with Crippen molar-refractivity contribution in [1.29, 1.82) is 0 Å². The van der Waals surface area contributed by atoms with Gasteiger partial charge in [-0.1, -0.05) is 6.92 Å². The van der Waals surface area contributed by atoms with E-state index in [4.69, 9.17) is 9.47 Å². The average Bonchev–Trinajstić information content (AvgIpc) is 2.33. The third kappa shape index (κ3) is 5.83. The number of carbonyl (C=O) groups excluding carboxylic acids is 1. The summed E-state index contributed by atoms with van der Waals surface area (Å²) < 4.78 is 11.3. The molecule has 1 amide bonds. The third-order valence-corrected chi connectivity index (χ3v) is 2.92. The molecule has 0 aromatic heterocycles. The molecule has 1 atom stereocenters. The lowest BCUT2D eigenvalue weighted by atomic mass is 10.1. The first-order chi connectivity index (χ1) is 8.42. The van der Waals surface area contributed by atoms with E-state index in [1.165, 1.54) is 0 Å². The van der Waals surface area contributed by atoms with Gasteiger partial charge in [0.05, 0.1) is 11.7 Å². The van der Waals surface area contributed by atoms with Crippen molar-refractivity contribution < 1.29 is 14.3 Å². The molecular formula is C14H27NO3. The molecule has 1 fully saturated rings. The fourth-order valence-corrected chi connectivity index (χ4v) is 1.95. The van der Waals surface area contributed by atoms with E-state index in [1.807, 2.05) is 25.7 Å². The SMILES string of the molecule is CCCOC1CCCN(C(=O)COC(C)(C)C)C1. The summed E-state index contributed by atoms with van der Waals surface area (Å²) in [6.07, 6.45) is 3.31. The second-order valence-electron chi connectivity index (χ2n) is 5.88. The Morgan fingerprint density at radius 2 is 2.11 bits per heavy atom. The van der Waals surface area contributed by atoms with E-state index in [9.17, 15) is 4.79 Å². The number of amides is 1. The van der Waals surface area contributed by atoms with E-state index in [2.05, 4.69) is 6.92 Å². The van der Waals surface area contributed by atoms with Gasteiger partial charge in [0.15, 0.2) is 0 Å². The molecule has 0 aromatic carbocycles. The monoisotopic (exact) mass is 257 g/mol. The standard InChI is InChI=1S/C14H27NO3/c1-5-9-17-12-7-6-8-15(10-12)13(16)11-18-14(2,3)4/h12H,5-11H2,1-4H3. The molecule has 0 aliphatic carbocycles. The summed E-state index contributed by atoms with van der Waals surface area (Å²) in [5.74, 6) is 0.0784. The van der Waals surface area contributed by atoms with Crippen LogP contribution in [0.15, 0.2) is 0 Å². The van der Waals surface area contributed by atoms with Crippen LogP contribution >= 0.6 is 0 Å². The molecule has 1 rings (SSSR count). The van der Waals surface area contributed by atoms with Gasteiger partial charge in [-0.05, 0) is 40.0 Å². The van der Waals surface area contributed by atoms with Gasteiger partial charge in [0.1, 0.15) is 6.61 Å². The maximum atomic E-state index is 12.0. The van der Waals surface area contributed by atoms with Crippen LogP contribution < -0.4 is 0 Å². The minimum Gasteiger partial charge on any atom is -0.376 e. The molecule has 18 heavy (non-hydrogen) atoms. The van der Waals surface area contributed by atoms with Gasteiger partial charge < -0.3 is 14.4 Å². The lowest BCUT2D eigenvalue weighted by Crippen LogP contribution is -2.45. The van der Waals surface area contributed by atoms with Crippen molar-refractivity contribution in [3.05, 3.63) is 0 Å². The Bertz CT molecular complexity index is 260. The van der Waals surface area contributed by atoms with Crippen LogP contribution in [0.4, 0.5) is 0 Å². The number of nitrogens with zero attached hydrogens (tertiary/aromatic N) is 1. The Morgan fingerprint density at radius 3 is 2.72 bits per heavy atom. The smallest absolute Gasteiger partial charge is 0.248 e. The van der Waals surface area contributed by atoms with E-state index >= 15 is 0 Å². The van der Waals surface area contributed by atoms with Crippen LogP contribution in [0.3, 0.4) is 0 Å². The van der Waals surface area contributed by atoms with Gasteiger partial charge in [0, 0.05) is 19.7 Å². The highest BCUT2D eigenvalue weighted by atomic mass is 16.5. The number of likely N-dealkylation sites (tertiary alicyclic amines) is 1. The number of hydrogen-bond donors (Lipinski definition) is 0. The van der Waals surface area contributed by atoms with Gasteiger partial charge >= 0.3 is 0 Å². The van der Waals surface area contributed by atoms with E-state index in [1.54, 1.807) is 0 Å². The fourth-order valence-electron chi connectivity index (χ4n) is 1.95. The molecule has 0 saturated carbocycles.